The molecule has 0 aliphatic carbocycles. The zero-order valence-electron chi connectivity index (χ0n) is 17.8. The standard InChI is InChI=1S/C22H28ClFN4O2/c1-14-6-5-7-17(24)20(14)26-12-15-11-25-19(23)10-18(15)27-16-8-9-28(13-16)21(29)30-22(2,3)4/h5-7,10-11,16,26H,8-9,12-13H2,1-4H3,(H,25,27)/t16-/m0/s1. The maximum absolute atomic E-state index is 14.1. The van der Waals surface area contributed by atoms with Crippen LogP contribution in [0.1, 0.15) is 38.3 Å². The monoisotopic (exact) mass is 434 g/mol. The molecule has 2 heterocycles. The number of nitrogens with zero attached hydrogens (tertiary/aromatic N) is 2. The van der Waals surface area contributed by atoms with Gasteiger partial charge >= 0.3 is 6.09 Å². The molecule has 8 heteroatoms. The van der Waals surface area contributed by atoms with Gasteiger partial charge in [-0.05, 0) is 51.8 Å². The number of anilines is 2. The van der Waals surface area contributed by atoms with E-state index in [9.17, 15) is 9.18 Å². The second-order valence-electron chi connectivity index (χ2n) is 8.51. The van der Waals surface area contributed by atoms with E-state index >= 15 is 0 Å². The molecule has 2 aromatic rings. The third-order valence-corrected chi connectivity index (χ3v) is 5.04. The van der Waals surface area contributed by atoms with Crippen molar-refractivity contribution >= 4 is 29.1 Å². The molecule has 1 aromatic heterocycles. The van der Waals surface area contributed by atoms with Crippen LogP contribution < -0.4 is 10.6 Å². The number of hydrogen-bond donors (Lipinski definition) is 2. The minimum atomic E-state index is -0.523. The van der Waals surface area contributed by atoms with Crippen LogP contribution in [0.3, 0.4) is 0 Å². The fraction of sp³-hybridized carbons (Fsp3) is 0.455. The predicted octanol–water partition coefficient (Wildman–Crippen LogP) is 5.22. The molecule has 0 radical (unpaired) electrons. The van der Waals surface area contributed by atoms with Crippen LogP contribution in [0.15, 0.2) is 30.5 Å². The molecule has 1 amide bonds. The molecule has 0 bridgehead atoms. The van der Waals surface area contributed by atoms with Gasteiger partial charge in [0.15, 0.2) is 0 Å². The van der Waals surface area contributed by atoms with Gasteiger partial charge in [0.05, 0.1) is 5.69 Å². The van der Waals surface area contributed by atoms with Gasteiger partial charge in [0.2, 0.25) is 0 Å². The highest BCUT2D eigenvalue weighted by Gasteiger charge is 2.30. The molecule has 1 atom stereocenters. The van der Waals surface area contributed by atoms with Gasteiger partial charge in [-0.1, -0.05) is 23.7 Å². The van der Waals surface area contributed by atoms with E-state index in [1.54, 1.807) is 23.2 Å². The van der Waals surface area contributed by atoms with E-state index in [1.807, 2.05) is 33.8 Å². The van der Waals surface area contributed by atoms with Gasteiger partial charge in [-0.2, -0.15) is 0 Å². The van der Waals surface area contributed by atoms with Crippen molar-refractivity contribution < 1.29 is 13.9 Å². The summed E-state index contributed by atoms with van der Waals surface area (Å²) in [6.07, 6.45) is 2.16. The average molecular weight is 435 g/mol. The molecule has 1 aromatic carbocycles. The van der Waals surface area contributed by atoms with E-state index in [2.05, 4.69) is 15.6 Å². The maximum atomic E-state index is 14.1. The number of aryl methyl sites for hydroxylation is 1. The Morgan fingerprint density at radius 1 is 1.40 bits per heavy atom. The minimum Gasteiger partial charge on any atom is -0.444 e. The van der Waals surface area contributed by atoms with E-state index < -0.39 is 5.60 Å². The molecular formula is C22H28ClFN4O2. The van der Waals surface area contributed by atoms with Crippen LogP contribution in [0, 0.1) is 12.7 Å². The molecule has 1 aliphatic heterocycles. The molecule has 1 saturated heterocycles. The maximum Gasteiger partial charge on any atom is 0.410 e. The summed E-state index contributed by atoms with van der Waals surface area (Å²) in [5.74, 6) is -0.296. The van der Waals surface area contributed by atoms with Crippen LogP contribution >= 0.6 is 11.6 Å². The minimum absolute atomic E-state index is 0.0601. The molecule has 0 spiro atoms. The number of para-hydroxylation sites is 1. The van der Waals surface area contributed by atoms with Gasteiger partial charge < -0.3 is 20.3 Å². The first-order valence-corrected chi connectivity index (χ1v) is 10.4. The largest absolute Gasteiger partial charge is 0.444 e. The molecule has 0 unspecified atom stereocenters. The lowest BCUT2D eigenvalue weighted by Gasteiger charge is -2.24. The van der Waals surface area contributed by atoms with E-state index in [0.717, 1.165) is 23.2 Å². The summed E-state index contributed by atoms with van der Waals surface area (Å²) in [5, 5.41) is 6.97. The Balaban J connectivity index is 1.67. The number of hydrogen-bond acceptors (Lipinski definition) is 5. The van der Waals surface area contributed by atoms with Gasteiger partial charge in [-0.15, -0.1) is 0 Å². The Morgan fingerprint density at radius 2 is 2.17 bits per heavy atom. The number of rotatable bonds is 5. The van der Waals surface area contributed by atoms with Crippen molar-refractivity contribution in [2.24, 2.45) is 0 Å². The van der Waals surface area contributed by atoms with Gasteiger partial charge in [-0.3, -0.25) is 0 Å². The SMILES string of the molecule is Cc1cccc(F)c1NCc1cnc(Cl)cc1N[C@H]1CCN(C(=O)OC(C)(C)C)C1. The van der Waals surface area contributed by atoms with Gasteiger partial charge in [0.25, 0.3) is 0 Å². The van der Waals surface area contributed by atoms with Crippen molar-refractivity contribution in [3.63, 3.8) is 0 Å². The first-order chi connectivity index (χ1) is 14.1. The number of pyridine rings is 1. The summed E-state index contributed by atoms with van der Waals surface area (Å²) in [6.45, 7) is 8.96. The summed E-state index contributed by atoms with van der Waals surface area (Å²) < 4.78 is 19.6. The Kier molecular flexibility index (Phi) is 6.71. The fourth-order valence-corrected chi connectivity index (χ4v) is 3.52. The molecular weight excluding hydrogens is 407 g/mol. The zero-order valence-corrected chi connectivity index (χ0v) is 18.5. The summed E-state index contributed by atoms with van der Waals surface area (Å²) in [7, 11) is 0. The third-order valence-electron chi connectivity index (χ3n) is 4.83. The fourth-order valence-electron chi connectivity index (χ4n) is 3.36. The molecule has 3 rings (SSSR count). The number of nitrogens with one attached hydrogen (secondary N) is 2. The molecule has 1 aliphatic rings. The first-order valence-electron chi connectivity index (χ1n) is 10.0. The second-order valence-corrected chi connectivity index (χ2v) is 8.89. The average Bonchev–Trinajstić information content (AvgIpc) is 3.10. The number of carbonyl (C=O) groups excluding carboxylic acids is 1. The van der Waals surface area contributed by atoms with Crippen molar-refractivity contribution in [3.05, 3.63) is 52.6 Å². The predicted molar refractivity (Wildman–Crippen MR) is 118 cm³/mol. The van der Waals surface area contributed by atoms with Gasteiger partial charge in [0.1, 0.15) is 16.6 Å². The number of aromatic nitrogens is 1. The van der Waals surface area contributed by atoms with Crippen LogP contribution in [-0.2, 0) is 11.3 Å². The number of ether oxygens (including phenoxy) is 1. The Bertz CT molecular complexity index is 896. The van der Waals surface area contributed by atoms with E-state index in [0.29, 0.717) is 30.5 Å². The van der Waals surface area contributed by atoms with Crippen molar-refractivity contribution in [2.45, 2.75) is 52.3 Å². The lowest BCUT2D eigenvalue weighted by molar-refractivity contribution is 0.0293. The van der Waals surface area contributed by atoms with E-state index in [-0.39, 0.29) is 18.0 Å². The number of carbonyl (C=O) groups is 1. The van der Waals surface area contributed by atoms with Crippen molar-refractivity contribution in [3.8, 4) is 0 Å². The first kappa shape index (κ1) is 22.2. The Labute approximate surface area is 181 Å². The number of benzene rings is 1. The molecule has 0 saturated carbocycles. The molecule has 30 heavy (non-hydrogen) atoms. The smallest absolute Gasteiger partial charge is 0.410 e. The zero-order chi connectivity index (χ0) is 21.9. The number of likely N-dealkylation sites (tertiary alicyclic amines) is 1. The lowest BCUT2D eigenvalue weighted by Crippen LogP contribution is -2.36. The molecule has 6 nitrogen and oxygen atoms in total. The van der Waals surface area contributed by atoms with Gasteiger partial charge in [-0.25, -0.2) is 14.2 Å². The summed E-state index contributed by atoms with van der Waals surface area (Å²) in [4.78, 5) is 18.2. The van der Waals surface area contributed by atoms with Crippen LogP contribution in [0.5, 0.6) is 0 Å². The van der Waals surface area contributed by atoms with Crippen molar-refractivity contribution in [2.75, 3.05) is 23.7 Å². The quantitative estimate of drug-likeness (QED) is 0.632. The van der Waals surface area contributed by atoms with Crippen LogP contribution in [0.4, 0.5) is 20.6 Å². The highest BCUT2D eigenvalue weighted by Crippen LogP contribution is 2.25. The lowest BCUT2D eigenvalue weighted by atomic mass is 10.1. The normalized spacial score (nSPS) is 16.5. The summed E-state index contributed by atoms with van der Waals surface area (Å²) >= 11 is 6.11. The third kappa shape index (κ3) is 5.75. The van der Waals surface area contributed by atoms with Crippen LogP contribution in [0.25, 0.3) is 0 Å². The van der Waals surface area contributed by atoms with Crippen LogP contribution in [0.2, 0.25) is 5.15 Å². The van der Waals surface area contributed by atoms with Crippen molar-refractivity contribution in [1.29, 1.82) is 0 Å². The Morgan fingerprint density at radius 3 is 2.87 bits per heavy atom. The molecule has 1 fully saturated rings. The Hall–Kier alpha value is -2.54. The molecule has 162 valence electrons. The number of amides is 1. The van der Waals surface area contributed by atoms with Crippen LogP contribution in [-0.4, -0.2) is 40.7 Å². The number of halogens is 2. The van der Waals surface area contributed by atoms with E-state index in [1.165, 1.54) is 6.07 Å². The molecule has 2 N–H and O–H groups in total. The topological polar surface area (TPSA) is 66.5 Å². The van der Waals surface area contributed by atoms with Crippen molar-refractivity contribution in [1.82, 2.24) is 9.88 Å². The highest BCUT2D eigenvalue weighted by molar-refractivity contribution is 6.29. The summed E-state index contributed by atoms with van der Waals surface area (Å²) in [6, 6.07) is 6.78. The highest BCUT2D eigenvalue weighted by atomic mass is 35.5. The second kappa shape index (κ2) is 9.08. The van der Waals surface area contributed by atoms with Gasteiger partial charge in [0, 0.05) is 43.1 Å². The van der Waals surface area contributed by atoms with E-state index in [4.69, 9.17) is 16.3 Å². The summed E-state index contributed by atoms with van der Waals surface area (Å²) in [5.41, 5.74) is 2.45.